The second-order valence-electron chi connectivity index (χ2n) is 4.90. The van der Waals surface area contributed by atoms with Gasteiger partial charge in [0.15, 0.2) is 0 Å². The van der Waals surface area contributed by atoms with E-state index in [2.05, 4.69) is 0 Å². The summed E-state index contributed by atoms with van der Waals surface area (Å²) in [5.41, 5.74) is 5.43. The fraction of sp³-hybridized carbons (Fsp3) is 0.923. The first-order valence-corrected chi connectivity index (χ1v) is 7.99. The highest BCUT2D eigenvalue weighted by atomic mass is 32.2. The summed E-state index contributed by atoms with van der Waals surface area (Å²) in [6.07, 6.45) is 6.84. The first-order valence-electron chi connectivity index (χ1n) is 6.84. The molecule has 1 heterocycles. The van der Waals surface area contributed by atoms with Crippen LogP contribution >= 0.6 is 11.8 Å². The summed E-state index contributed by atoms with van der Waals surface area (Å²) in [5.74, 6) is 1.94. The lowest BCUT2D eigenvalue weighted by Gasteiger charge is -2.21. The van der Waals surface area contributed by atoms with Crippen molar-refractivity contribution in [3.8, 4) is 0 Å². The molecule has 4 nitrogen and oxygen atoms in total. The molecule has 3 N–H and O–H groups in total. The zero-order valence-corrected chi connectivity index (χ0v) is 11.8. The van der Waals surface area contributed by atoms with Crippen molar-refractivity contribution in [3.05, 3.63) is 0 Å². The Kier molecular flexibility index (Phi) is 8.46. The monoisotopic (exact) mass is 275 g/mol. The minimum absolute atomic E-state index is 0.569. The van der Waals surface area contributed by atoms with E-state index in [1.807, 2.05) is 11.8 Å². The van der Waals surface area contributed by atoms with Crippen molar-refractivity contribution in [2.45, 2.75) is 44.6 Å². The molecule has 1 saturated heterocycles. The molecule has 0 amide bonds. The van der Waals surface area contributed by atoms with Gasteiger partial charge in [0.1, 0.15) is 6.04 Å². The van der Waals surface area contributed by atoms with Crippen LogP contribution in [0.3, 0.4) is 0 Å². The normalized spacial score (nSPS) is 18.7. The van der Waals surface area contributed by atoms with Crippen LogP contribution in [0.4, 0.5) is 0 Å². The molecule has 0 bridgehead atoms. The lowest BCUT2D eigenvalue weighted by Crippen LogP contribution is -2.30. The van der Waals surface area contributed by atoms with Crippen molar-refractivity contribution in [2.75, 3.05) is 24.7 Å². The molecule has 106 valence electrons. The smallest absolute Gasteiger partial charge is 0.320 e. The van der Waals surface area contributed by atoms with Crippen LogP contribution in [0, 0.1) is 5.92 Å². The SMILES string of the molecule is NC(CCSCCCCC1CCOCC1)C(=O)O. The van der Waals surface area contributed by atoms with Gasteiger partial charge in [-0.25, -0.2) is 0 Å². The van der Waals surface area contributed by atoms with Gasteiger partial charge in [-0.2, -0.15) is 11.8 Å². The highest BCUT2D eigenvalue weighted by Crippen LogP contribution is 2.21. The Hall–Kier alpha value is -0.260. The number of unbranched alkanes of at least 4 members (excludes halogenated alkanes) is 1. The molecule has 1 unspecified atom stereocenters. The number of hydrogen-bond donors (Lipinski definition) is 2. The molecule has 1 rings (SSSR count). The first-order chi connectivity index (χ1) is 8.70. The van der Waals surface area contributed by atoms with Crippen LogP contribution in [0.25, 0.3) is 0 Å². The number of thioether (sulfide) groups is 1. The van der Waals surface area contributed by atoms with Crippen molar-refractivity contribution in [3.63, 3.8) is 0 Å². The van der Waals surface area contributed by atoms with Crippen molar-refractivity contribution in [1.29, 1.82) is 0 Å². The number of carboxylic acids is 1. The van der Waals surface area contributed by atoms with Gasteiger partial charge in [-0.05, 0) is 43.1 Å². The summed E-state index contributed by atoms with van der Waals surface area (Å²) < 4.78 is 5.34. The number of nitrogens with two attached hydrogens (primary N) is 1. The Bertz CT molecular complexity index is 232. The molecule has 0 saturated carbocycles. The van der Waals surface area contributed by atoms with Crippen LogP contribution in [0.1, 0.15) is 38.5 Å². The van der Waals surface area contributed by atoms with Gasteiger partial charge in [-0.15, -0.1) is 0 Å². The summed E-state index contributed by atoms with van der Waals surface area (Å²) in [4.78, 5) is 10.5. The Labute approximate surface area is 114 Å². The minimum Gasteiger partial charge on any atom is -0.480 e. The van der Waals surface area contributed by atoms with Gasteiger partial charge in [-0.1, -0.05) is 12.8 Å². The second kappa shape index (κ2) is 9.64. The molecule has 5 heteroatoms. The van der Waals surface area contributed by atoms with Crippen molar-refractivity contribution >= 4 is 17.7 Å². The lowest BCUT2D eigenvalue weighted by molar-refractivity contribution is -0.138. The van der Waals surface area contributed by atoms with Crippen LogP contribution in [0.2, 0.25) is 0 Å². The summed E-state index contributed by atoms with van der Waals surface area (Å²) in [7, 11) is 0. The number of ether oxygens (including phenoxy) is 1. The maximum atomic E-state index is 10.5. The lowest BCUT2D eigenvalue weighted by atomic mass is 9.94. The second-order valence-corrected chi connectivity index (χ2v) is 6.12. The first kappa shape index (κ1) is 15.8. The molecule has 0 aromatic rings. The van der Waals surface area contributed by atoms with Gasteiger partial charge in [0.25, 0.3) is 0 Å². The molecule has 0 aromatic carbocycles. The van der Waals surface area contributed by atoms with Gasteiger partial charge >= 0.3 is 5.97 Å². The van der Waals surface area contributed by atoms with Crippen molar-refractivity contribution < 1.29 is 14.6 Å². The van der Waals surface area contributed by atoms with E-state index in [1.54, 1.807) is 0 Å². The highest BCUT2D eigenvalue weighted by molar-refractivity contribution is 7.99. The standard InChI is InChI=1S/C13H25NO3S/c14-12(13(15)16)6-10-18-9-2-1-3-11-4-7-17-8-5-11/h11-12H,1-10,14H2,(H,15,16). The fourth-order valence-corrected chi connectivity index (χ4v) is 3.14. The third-order valence-electron chi connectivity index (χ3n) is 3.38. The van der Waals surface area contributed by atoms with E-state index in [4.69, 9.17) is 15.6 Å². The van der Waals surface area contributed by atoms with Crippen LogP contribution in [-0.2, 0) is 9.53 Å². The van der Waals surface area contributed by atoms with E-state index >= 15 is 0 Å². The van der Waals surface area contributed by atoms with Gasteiger partial charge < -0.3 is 15.6 Å². The van der Waals surface area contributed by atoms with Crippen molar-refractivity contribution in [2.24, 2.45) is 11.7 Å². The zero-order valence-electron chi connectivity index (χ0n) is 11.0. The average molecular weight is 275 g/mol. The van der Waals surface area contributed by atoms with Gasteiger partial charge in [0, 0.05) is 13.2 Å². The summed E-state index contributed by atoms with van der Waals surface area (Å²) in [5, 5.41) is 8.62. The number of hydrogen-bond acceptors (Lipinski definition) is 4. The predicted octanol–water partition coefficient (Wildman–Crippen LogP) is 2.12. The van der Waals surface area contributed by atoms with Crippen LogP contribution in [0.5, 0.6) is 0 Å². The summed E-state index contributed by atoms with van der Waals surface area (Å²) in [6.45, 7) is 1.87. The third-order valence-corrected chi connectivity index (χ3v) is 4.48. The highest BCUT2D eigenvalue weighted by Gasteiger charge is 2.13. The largest absolute Gasteiger partial charge is 0.480 e. The number of carboxylic acid groups (broad SMARTS) is 1. The van der Waals surface area contributed by atoms with Crippen LogP contribution in [0.15, 0.2) is 0 Å². The molecular weight excluding hydrogens is 250 g/mol. The predicted molar refractivity (Wildman–Crippen MR) is 74.9 cm³/mol. The van der Waals surface area contributed by atoms with Crippen molar-refractivity contribution in [1.82, 2.24) is 0 Å². The minimum atomic E-state index is -0.893. The molecular formula is C13H25NO3S. The van der Waals surface area contributed by atoms with Gasteiger partial charge in [-0.3, -0.25) is 4.79 Å². The quantitative estimate of drug-likeness (QED) is 0.631. The Morgan fingerprint density at radius 3 is 2.72 bits per heavy atom. The summed E-state index contributed by atoms with van der Waals surface area (Å²) >= 11 is 1.82. The zero-order chi connectivity index (χ0) is 13.2. The number of carbonyl (C=O) groups is 1. The van der Waals surface area contributed by atoms with E-state index in [0.717, 1.165) is 30.6 Å². The number of rotatable bonds is 9. The molecule has 0 aliphatic carbocycles. The molecule has 1 fully saturated rings. The van der Waals surface area contributed by atoms with Gasteiger partial charge in [0.2, 0.25) is 0 Å². The van der Waals surface area contributed by atoms with E-state index in [1.165, 1.54) is 32.1 Å². The van der Waals surface area contributed by atoms with E-state index in [9.17, 15) is 4.79 Å². The Morgan fingerprint density at radius 1 is 1.33 bits per heavy atom. The van der Waals surface area contributed by atoms with E-state index in [-0.39, 0.29) is 0 Å². The van der Waals surface area contributed by atoms with Gasteiger partial charge in [0.05, 0.1) is 0 Å². The molecule has 1 aliphatic heterocycles. The van der Waals surface area contributed by atoms with Crippen LogP contribution in [-0.4, -0.2) is 41.8 Å². The maximum absolute atomic E-state index is 10.5. The molecule has 0 radical (unpaired) electrons. The molecule has 0 spiro atoms. The summed E-state index contributed by atoms with van der Waals surface area (Å²) in [6, 6.07) is -0.695. The van der Waals surface area contributed by atoms with E-state index < -0.39 is 12.0 Å². The molecule has 1 atom stereocenters. The average Bonchev–Trinajstić information content (AvgIpc) is 2.38. The molecule has 0 aromatic heterocycles. The maximum Gasteiger partial charge on any atom is 0.320 e. The number of aliphatic carboxylic acids is 1. The Balaban J connectivity index is 1.85. The van der Waals surface area contributed by atoms with E-state index in [0.29, 0.717) is 6.42 Å². The molecule has 18 heavy (non-hydrogen) atoms. The topological polar surface area (TPSA) is 72.5 Å². The third kappa shape index (κ3) is 7.24. The Morgan fingerprint density at radius 2 is 2.06 bits per heavy atom. The molecule has 1 aliphatic rings. The van der Waals surface area contributed by atoms with Crippen LogP contribution < -0.4 is 5.73 Å². The fourth-order valence-electron chi connectivity index (χ4n) is 2.11.